The van der Waals surface area contributed by atoms with E-state index in [9.17, 15) is 14.9 Å². The lowest BCUT2D eigenvalue weighted by Gasteiger charge is -2.33. The number of carbonyl (C=O) groups is 1. The monoisotopic (exact) mass is 262 g/mol. The molecule has 0 saturated carbocycles. The van der Waals surface area contributed by atoms with E-state index in [1.165, 1.54) is 25.5 Å². The van der Waals surface area contributed by atoms with Gasteiger partial charge in [-0.2, -0.15) is 0 Å². The largest absolute Gasteiger partial charge is 0.371 e. The van der Waals surface area contributed by atoms with E-state index < -0.39 is 4.92 Å². The molecule has 1 heterocycles. The fourth-order valence-electron chi connectivity index (χ4n) is 2.60. The van der Waals surface area contributed by atoms with Gasteiger partial charge < -0.3 is 4.90 Å². The zero-order valence-electron chi connectivity index (χ0n) is 11.3. The van der Waals surface area contributed by atoms with Gasteiger partial charge in [0.05, 0.1) is 4.92 Å². The predicted molar refractivity (Wildman–Crippen MR) is 73.7 cm³/mol. The molecule has 1 saturated heterocycles. The number of non-ortho nitro benzene ring substituents is 1. The first-order chi connectivity index (χ1) is 8.99. The van der Waals surface area contributed by atoms with Crippen molar-refractivity contribution in [2.75, 3.05) is 18.0 Å². The predicted octanol–water partition coefficient (Wildman–Crippen LogP) is 3.03. The van der Waals surface area contributed by atoms with Crippen molar-refractivity contribution >= 4 is 17.2 Å². The summed E-state index contributed by atoms with van der Waals surface area (Å²) in [5.41, 5.74) is 1.24. The topological polar surface area (TPSA) is 63.4 Å². The van der Waals surface area contributed by atoms with Gasteiger partial charge in [-0.1, -0.05) is 6.92 Å². The van der Waals surface area contributed by atoms with Crippen LogP contribution in [-0.2, 0) is 0 Å². The van der Waals surface area contributed by atoms with Gasteiger partial charge in [0.25, 0.3) is 5.69 Å². The number of carbonyl (C=O) groups excluding carboxylic acids is 1. The Bertz CT molecular complexity index is 513. The number of piperidine rings is 1. The van der Waals surface area contributed by atoms with Crippen molar-refractivity contribution in [3.63, 3.8) is 0 Å². The number of Topliss-reactive ketones (excluding diaryl/α,β-unsaturated/α-hetero) is 1. The highest BCUT2D eigenvalue weighted by molar-refractivity contribution is 6.00. The lowest BCUT2D eigenvalue weighted by molar-refractivity contribution is -0.384. The number of rotatable bonds is 3. The maximum absolute atomic E-state index is 11.7. The second kappa shape index (κ2) is 5.38. The standard InChI is InChI=1S/C14H18N2O3/c1-10-4-3-7-15(9-10)14-6-5-12(16(18)19)8-13(14)11(2)17/h5-6,8,10H,3-4,7,9H2,1-2H3. The average Bonchev–Trinajstić information content (AvgIpc) is 2.37. The number of nitro benzene ring substituents is 1. The Balaban J connectivity index is 2.38. The van der Waals surface area contributed by atoms with E-state index >= 15 is 0 Å². The van der Waals surface area contributed by atoms with Crippen molar-refractivity contribution in [2.24, 2.45) is 5.92 Å². The Hall–Kier alpha value is -1.91. The number of anilines is 1. The van der Waals surface area contributed by atoms with Crippen LogP contribution in [0, 0.1) is 16.0 Å². The van der Waals surface area contributed by atoms with Crippen LogP contribution in [0.3, 0.4) is 0 Å². The number of hydrogen-bond donors (Lipinski definition) is 0. The van der Waals surface area contributed by atoms with Crippen LogP contribution in [0.25, 0.3) is 0 Å². The van der Waals surface area contributed by atoms with Gasteiger partial charge in [-0.25, -0.2) is 0 Å². The van der Waals surface area contributed by atoms with E-state index in [-0.39, 0.29) is 11.5 Å². The number of ketones is 1. The molecule has 1 unspecified atom stereocenters. The summed E-state index contributed by atoms with van der Waals surface area (Å²) in [6.07, 6.45) is 2.29. The summed E-state index contributed by atoms with van der Waals surface area (Å²) in [6, 6.07) is 4.56. The van der Waals surface area contributed by atoms with Gasteiger partial charge in [0.15, 0.2) is 5.78 Å². The SMILES string of the molecule is CC(=O)c1cc([N+](=O)[O-])ccc1N1CCCC(C)C1. The molecule has 0 aromatic heterocycles. The molecule has 0 aliphatic carbocycles. The van der Waals surface area contributed by atoms with Gasteiger partial charge in [0, 0.05) is 36.5 Å². The van der Waals surface area contributed by atoms with E-state index in [1.54, 1.807) is 6.07 Å². The summed E-state index contributed by atoms with van der Waals surface area (Å²) in [6.45, 7) is 5.45. The Kier molecular flexibility index (Phi) is 3.83. The summed E-state index contributed by atoms with van der Waals surface area (Å²) in [4.78, 5) is 24.2. The van der Waals surface area contributed by atoms with Gasteiger partial charge in [-0.05, 0) is 31.7 Å². The number of nitrogens with zero attached hydrogens (tertiary/aromatic N) is 2. The highest BCUT2D eigenvalue weighted by Gasteiger charge is 2.22. The van der Waals surface area contributed by atoms with Crippen molar-refractivity contribution in [1.82, 2.24) is 0 Å². The zero-order valence-corrected chi connectivity index (χ0v) is 11.3. The summed E-state index contributed by atoms with van der Waals surface area (Å²) in [5, 5.41) is 10.8. The molecule has 1 aromatic carbocycles. The Morgan fingerprint density at radius 2 is 2.21 bits per heavy atom. The van der Waals surface area contributed by atoms with Gasteiger partial charge in [0.1, 0.15) is 0 Å². The van der Waals surface area contributed by atoms with Gasteiger partial charge in [-0.15, -0.1) is 0 Å². The average molecular weight is 262 g/mol. The van der Waals surface area contributed by atoms with Crippen LogP contribution >= 0.6 is 0 Å². The number of benzene rings is 1. The van der Waals surface area contributed by atoms with Crippen LogP contribution in [0.4, 0.5) is 11.4 Å². The molecular weight excluding hydrogens is 244 g/mol. The van der Waals surface area contributed by atoms with Crippen molar-refractivity contribution in [3.8, 4) is 0 Å². The number of nitro groups is 1. The zero-order chi connectivity index (χ0) is 14.0. The molecule has 1 aromatic rings. The highest BCUT2D eigenvalue weighted by atomic mass is 16.6. The third kappa shape index (κ3) is 2.92. The molecule has 5 heteroatoms. The summed E-state index contributed by atoms with van der Waals surface area (Å²) >= 11 is 0. The van der Waals surface area contributed by atoms with Crippen molar-refractivity contribution < 1.29 is 9.72 Å². The smallest absolute Gasteiger partial charge is 0.270 e. The molecule has 1 aliphatic heterocycles. The minimum absolute atomic E-state index is 0.0287. The fourth-order valence-corrected chi connectivity index (χ4v) is 2.60. The summed E-state index contributed by atoms with van der Waals surface area (Å²) in [5.74, 6) is 0.459. The van der Waals surface area contributed by atoms with Crippen LogP contribution < -0.4 is 4.90 Å². The summed E-state index contributed by atoms with van der Waals surface area (Å²) in [7, 11) is 0. The second-order valence-corrected chi connectivity index (χ2v) is 5.21. The first-order valence-corrected chi connectivity index (χ1v) is 6.53. The lowest BCUT2D eigenvalue weighted by Crippen LogP contribution is -2.35. The van der Waals surface area contributed by atoms with Crippen LogP contribution in [0.15, 0.2) is 18.2 Å². The molecule has 0 amide bonds. The lowest BCUT2D eigenvalue weighted by atomic mass is 9.98. The van der Waals surface area contributed by atoms with Crippen LogP contribution in [0.5, 0.6) is 0 Å². The Morgan fingerprint density at radius 3 is 2.79 bits per heavy atom. The Labute approximate surface area is 112 Å². The van der Waals surface area contributed by atoms with E-state index in [2.05, 4.69) is 11.8 Å². The minimum atomic E-state index is -0.463. The molecule has 19 heavy (non-hydrogen) atoms. The van der Waals surface area contributed by atoms with Crippen LogP contribution in [0.1, 0.15) is 37.0 Å². The van der Waals surface area contributed by atoms with Crippen molar-refractivity contribution in [3.05, 3.63) is 33.9 Å². The second-order valence-electron chi connectivity index (χ2n) is 5.21. The third-order valence-corrected chi connectivity index (χ3v) is 3.57. The molecule has 1 aliphatic rings. The highest BCUT2D eigenvalue weighted by Crippen LogP contribution is 2.29. The van der Waals surface area contributed by atoms with E-state index in [1.807, 2.05) is 0 Å². The van der Waals surface area contributed by atoms with Gasteiger partial charge >= 0.3 is 0 Å². The van der Waals surface area contributed by atoms with E-state index in [0.717, 1.165) is 25.2 Å². The van der Waals surface area contributed by atoms with Crippen LogP contribution in [-0.4, -0.2) is 23.8 Å². The van der Waals surface area contributed by atoms with Gasteiger partial charge in [0.2, 0.25) is 0 Å². The first kappa shape index (κ1) is 13.5. The molecule has 0 spiro atoms. The third-order valence-electron chi connectivity index (χ3n) is 3.57. The Morgan fingerprint density at radius 1 is 1.47 bits per heavy atom. The molecule has 2 rings (SSSR count). The molecule has 0 bridgehead atoms. The maximum Gasteiger partial charge on any atom is 0.270 e. The first-order valence-electron chi connectivity index (χ1n) is 6.53. The quantitative estimate of drug-likeness (QED) is 0.477. The maximum atomic E-state index is 11.7. The van der Waals surface area contributed by atoms with Crippen LogP contribution in [0.2, 0.25) is 0 Å². The summed E-state index contributed by atoms with van der Waals surface area (Å²) < 4.78 is 0. The van der Waals surface area contributed by atoms with Gasteiger partial charge in [-0.3, -0.25) is 14.9 Å². The molecular formula is C14H18N2O3. The van der Waals surface area contributed by atoms with Crippen molar-refractivity contribution in [2.45, 2.75) is 26.7 Å². The number of hydrogen-bond acceptors (Lipinski definition) is 4. The normalized spacial score (nSPS) is 19.3. The van der Waals surface area contributed by atoms with Crippen molar-refractivity contribution in [1.29, 1.82) is 0 Å². The molecule has 1 atom stereocenters. The molecule has 5 nitrogen and oxygen atoms in total. The van der Waals surface area contributed by atoms with E-state index in [0.29, 0.717) is 11.5 Å². The molecule has 102 valence electrons. The minimum Gasteiger partial charge on any atom is -0.371 e. The fraction of sp³-hybridized carbons (Fsp3) is 0.500. The molecule has 0 N–H and O–H groups in total. The molecule has 1 fully saturated rings. The van der Waals surface area contributed by atoms with E-state index in [4.69, 9.17) is 0 Å². The molecule has 0 radical (unpaired) electrons.